The molecular weight excluding hydrogens is 535 g/mol. The maximum absolute atomic E-state index is 13.2. The molecule has 0 saturated carbocycles. The van der Waals surface area contributed by atoms with Crippen LogP contribution in [0.25, 0.3) is 0 Å². The van der Waals surface area contributed by atoms with E-state index in [-0.39, 0.29) is 27.6 Å². The monoisotopic (exact) mass is 561 g/mol. The van der Waals surface area contributed by atoms with Crippen LogP contribution in [-0.2, 0) is 16.6 Å². The van der Waals surface area contributed by atoms with E-state index in [2.05, 4.69) is 4.74 Å². The normalized spacial score (nSPS) is 14.7. The molecule has 0 saturated heterocycles. The van der Waals surface area contributed by atoms with Crippen molar-refractivity contribution in [3.8, 4) is 11.5 Å². The van der Waals surface area contributed by atoms with E-state index in [0.29, 0.717) is 12.0 Å². The molecule has 0 atom stereocenters. The predicted molar refractivity (Wildman–Crippen MR) is 141 cm³/mol. The summed E-state index contributed by atoms with van der Waals surface area (Å²) in [5.41, 5.74) is 1.05. The quantitative estimate of drug-likeness (QED) is 0.300. The highest BCUT2D eigenvalue weighted by Crippen LogP contribution is 2.46. The topological polar surface area (TPSA) is 76.1 Å². The number of benzene rings is 3. The van der Waals surface area contributed by atoms with Crippen LogP contribution in [0.2, 0.25) is 5.02 Å². The number of alkyl halides is 3. The van der Waals surface area contributed by atoms with Gasteiger partial charge < -0.3 is 14.6 Å². The molecule has 3 aromatic rings. The highest BCUT2D eigenvalue weighted by molar-refractivity contribution is 6.32. The Kier molecular flexibility index (Phi) is 7.33. The molecule has 10 heteroatoms. The molecule has 6 nitrogen and oxygen atoms in total. The van der Waals surface area contributed by atoms with Crippen molar-refractivity contribution in [1.29, 1.82) is 0 Å². The lowest BCUT2D eigenvalue weighted by Crippen LogP contribution is -2.33. The summed E-state index contributed by atoms with van der Waals surface area (Å²) in [6.07, 6.45) is -2.99. The molecule has 4 rings (SSSR count). The third-order valence-electron chi connectivity index (χ3n) is 6.85. The van der Waals surface area contributed by atoms with Crippen molar-refractivity contribution >= 4 is 35.4 Å². The zero-order valence-corrected chi connectivity index (χ0v) is 22.5. The Balaban J connectivity index is 1.90. The molecule has 0 aliphatic carbocycles. The molecule has 0 unspecified atom stereocenters. The van der Waals surface area contributed by atoms with E-state index in [1.807, 2.05) is 45.9 Å². The zero-order valence-electron chi connectivity index (χ0n) is 21.7. The second-order valence-corrected chi connectivity index (χ2v) is 10.9. The zero-order chi connectivity index (χ0) is 28.8. The lowest BCUT2D eigenvalue weighted by Gasteiger charge is -2.35. The van der Waals surface area contributed by atoms with E-state index in [4.69, 9.17) is 16.3 Å². The predicted octanol–water partition coefficient (Wildman–Crippen LogP) is 7.66. The molecule has 1 aliphatic heterocycles. The van der Waals surface area contributed by atoms with Gasteiger partial charge in [0.2, 0.25) is 6.41 Å². The number of hydrogen-bond donors (Lipinski definition) is 1. The molecule has 3 aromatic carbocycles. The van der Waals surface area contributed by atoms with Gasteiger partial charge in [0.15, 0.2) is 0 Å². The first-order valence-corrected chi connectivity index (χ1v) is 12.5. The van der Waals surface area contributed by atoms with Crippen LogP contribution in [0.15, 0.2) is 54.6 Å². The number of fused-ring (bicyclic) bond motifs is 1. The van der Waals surface area contributed by atoms with E-state index in [1.54, 1.807) is 0 Å². The lowest BCUT2D eigenvalue weighted by molar-refractivity contribution is -0.274. The SMILES string of the molecule is CC1(C)CCc2cc(C(C)(C)c3cc(OC(F)(F)F)c(Cl)cc3N(C=O)c3cccc(C(=O)O)c3)ccc2O1. The first-order chi connectivity index (χ1) is 18.1. The largest absolute Gasteiger partial charge is 0.573 e. The van der Waals surface area contributed by atoms with Crippen molar-refractivity contribution in [3.05, 3.63) is 81.9 Å². The first kappa shape index (κ1) is 28.3. The standard InChI is InChI=1S/C29H27ClF3NO5/c1-27(2)11-10-17-12-19(8-9-24(17)38-27)28(3,4)21-14-25(39-29(31,32)33)22(30)15-23(21)34(16-35)20-7-5-6-18(13-20)26(36)37/h5-9,12-16H,10-11H2,1-4H3,(H,36,37). The van der Waals surface area contributed by atoms with E-state index >= 15 is 0 Å². The van der Waals surface area contributed by atoms with Crippen LogP contribution in [0.3, 0.4) is 0 Å². The Morgan fingerprint density at radius 1 is 1.13 bits per heavy atom. The molecule has 1 amide bonds. The van der Waals surface area contributed by atoms with Gasteiger partial charge in [-0.1, -0.05) is 43.6 Å². The molecule has 0 fully saturated rings. The number of carbonyl (C=O) groups excluding carboxylic acids is 1. The highest BCUT2D eigenvalue weighted by atomic mass is 35.5. The fourth-order valence-electron chi connectivity index (χ4n) is 4.69. The van der Waals surface area contributed by atoms with Crippen LogP contribution in [0, 0.1) is 0 Å². The number of amides is 1. The molecule has 0 aromatic heterocycles. The van der Waals surface area contributed by atoms with Crippen LogP contribution < -0.4 is 14.4 Å². The molecule has 0 radical (unpaired) electrons. The second kappa shape index (κ2) is 10.1. The molecular formula is C29H27ClF3NO5. The molecule has 1 heterocycles. The minimum Gasteiger partial charge on any atom is -0.488 e. The number of carboxylic acids is 1. The molecule has 0 bridgehead atoms. The van der Waals surface area contributed by atoms with Crippen LogP contribution >= 0.6 is 11.6 Å². The summed E-state index contributed by atoms with van der Waals surface area (Å²) in [4.78, 5) is 25.1. The highest BCUT2D eigenvalue weighted by Gasteiger charge is 2.36. The number of ether oxygens (including phenoxy) is 2. The van der Waals surface area contributed by atoms with Crippen molar-refractivity contribution in [2.45, 2.75) is 57.9 Å². The summed E-state index contributed by atoms with van der Waals surface area (Å²) in [7, 11) is 0. The summed E-state index contributed by atoms with van der Waals surface area (Å²) in [5.74, 6) is -1.08. The smallest absolute Gasteiger partial charge is 0.488 e. The maximum atomic E-state index is 13.2. The van der Waals surface area contributed by atoms with E-state index in [0.717, 1.165) is 34.6 Å². The van der Waals surface area contributed by atoms with Crippen LogP contribution in [0.5, 0.6) is 11.5 Å². The van der Waals surface area contributed by atoms with Gasteiger partial charge in [-0.15, -0.1) is 13.2 Å². The van der Waals surface area contributed by atoms with Gasteiger partial charge in [-0.25, -0.2) is 4.79 Å². The van der Waals surface area contributed by atoms with Crippen LogP contribution in [0.4, 0.5) is 24.5 Å². The number of aryl methyl sites for hydroxylation is 1. The Bertz CT molecular complexity index is 1430. The average molecular weight is 562 g/mol. The average Bonchev–Trinajstić information content (AvgIpc) is 2.84. The lowest BCUT2D eigenvalue weighted by atomic mass is 9.76. The molecule has 1 N–H and O–H groups in total. The molecule has 1 aliphatic rings. The fourth-order valence-corrected chi connectivity index (χ4v) is 4.89. The third kappa shape index (κ3) is 5.98. The Hall–Kier alpha value is -3.72. The molecule has 39 heavy (non-hydrogen) atoms. The van der Waals surface area contributed by atoms with Crippen LogP contribution in [-0.4, -0.2) is 29.4 Å². The van der Waals surface area contributed by atoms with E-state index in [9.17, 15) is 27.9 Å². The van der Waals surface area contributed by atoms with E-state index in [1.165, 1.54) is 36.4 Å². The summed E-state index contributed by atoms with van der Waals surface area (Å²) in [6, 6.07) is 13.6. The third-order valence-corrected chi connectivity index (χ3v) is 7.15. The number of aromatic carboxylic acids is 1. The summed E-state index contributed by atoms with van der Waals surface area (Å²) in [5, 5.41) is 9.05. The summed E-state index contributed by atoms with van der Waals surface area (Å²) in [6.45, 7) is 7.62. The Morgan fingerprint density at radius 2 is 1.85 bits per heavy atom. The summed E-state index contributed by atoms with van der Waals surface area (Å²) >= 11 is 6.22. The second-order valence-electron chi connectivity index (χ2n) is 10.5. The van der Waals surface area contributed by atoms with Gasteiger partial charge in [-0.05, 0) is 79.8 Å². The Labute approximate surface area is 228 Å². The van der Waals surface area contributed by atoms with Gasteiger partial charge in [-0.3, -0.25) is 9.69 Å². The number of hydrogen-bond acceptors (Lipinski definition) is 4. The van der Waals surface area contributed by atoms with E-state index < -0.39 is 23.5 Å². The van der Waals surface area contributed by atoms with Gasteiger partial charge in [0, 0.05) is 11.1 Å². The molecule has 0 spiro atoms. The van der Waals surface area contributed by atoms with Gasteiger partial charge >= 0.3 is 12.3 Å². The van der Waals surface area contributed by atoms with Crippen molar-refractivity contribution in [2.24, 2.45) is 0 Å². The van der Waals surface area contributed by atoms with Crippen molar-refractivity contribution in [2.75, 3.05) is 4.90 Å². The van der Waals surface area contributed by atoms with Crippen molar-refractivity contribution < 1.29 is 37.3 Å². The van der Waals surface area contributed by atoms with Crippen molar-refractivity contribution in [1.82, 2.24) is 0 Å². The first-order valence-electron chi connectivity index (χ1n) is 12.1. The number of halogens is 4. The van der Waals surface area contributed by atoms with Gasteiger partial charge in [0.1, 0.15) is 17.1 Å². The van der Waals surface area contributed by atoms with Crippen molar-refractivity contribution in [3.63, 3.8) is 0 Å². The number of carboxylic acid groups (broad SMARTS) is 1. The number of rotatable bonds is 7. The maximum Gasteiger partial charge on any atom is 0.573 e. The number of nitrogens with zero attached hydrogens (tertiary/aromatic N) is 1. The summed E-state index contributed by atoms with van der Waals surface area (Å²) < 4.78 is 49.9. The number of carbonyl (C=O) groups is 2. The minimum absolute atomic E-state index is 0.0686. The number of anilines is 2. The van der Waals surface area contributed by atoms with Gasteiger partial charge in [0.25, 0.3) is 0 Å². The Morgan fingerprint density at radius 3 is 2.49 bits per heavy atom. The van der Waals surface area contributed by atoms with Crippen LogP contribution in [0.1, 0.15) is 61.2 Å². The fraction of sp³-hybridized carbons (Fsp3) is 0.310. The molecule has 206 valence electrons. The van der Waals surface area contributed by atoms with Gasteiger partial charge in [-0.2, -0.15) is 0 Å². The van der Waals surface area contributed by atoms with Gasteiger partial charge in [0.05, 0.1) is 16.3 Å². The minimum atomic E-state index is -5.00.